The molecule has 0 aliphatic heterocycles. The van der Waals surface area contributed by atoms with Gasteiger partial charge in [0.05, 0.1) is 5.69 Å². The molecule has 2 heteroatoms. The standard InChI is InChI=1S/C42H30N2/c1-2-28-20-22-29(23-21-28)41-35-11-3-5-13-37(35)42(38-14-6-4-12-36(38)41)34-18-10-16-30-31(15-9-17-32(30)34)33-24-26-43-27-39(33)40-19-7-8-25-44-40/h3-27H,2H2,1H3. The van der Waals surface area contributed by atoms with Crippen LogP contribution in [0.3, 0.4) is 0 Å². The van der Waals surface area contributed by atoms with Crippen LogP contribution in [0.25, 0.3) is 77.0 Å². The van der Waals surface area contributed by atoms with Gasteiger partial charge in [0.25, 0.3) is 0 Å². The number of hydrogen-bond acceptors (Lipinski definition) is 2. The summed E-state index contributed by atoms with van der Waals surface area (Å²) < 4.78 is 0. The van der Waals surface area contributed by atoms with Crippen LogP contribution in [0.5, 0.6) is 0 Å². The van der Waals surface area contributed by atoms with Crippen molar-refractivity contribution in [1.82, 2.24) is 9.97 Å². The Kier molecular flexibility index (Phi) is 6.46. The van der Waals surface area contributed by atoms with Crippen LogP contribution in [0, 0.1) is 0 Å². The molecule has 0 saturated carbocycles. The number of nitrogens with zero attached hydrogens (tertiary/aromatic N) is 2. The highest BCUT2D eigenvalue weighted by Gasteiger charge is 2.19. The van der Waals surface area contributed by atoms with Gasteiger partial charge >= 0.3 is 0 Å². The zero-order valence-corrected chi connectivity index (χ0v) is 24.5. The van der Waals surface area contributed by atoms with Crippen LogP contribution in [0.4, 0.5) is 0 Å². The first-order valence-electron chi connectivity index (χ1n) is 15.2. The molecule has 2 aromatic heterocycles. The topological polar surface area (TPSA) is 25.8 Å². The molecule has 0 aliphatic carbocycles. The summed E-state index contributed by atoms with van der Waals surface area (Å²) in [5, 5.41) is 7.49. The van der Waals surface area contributed by atoms with E-state index in [9.17, 15) is 0 Å². The summed E-state index contributed by atoms with van der Waals surface area (Å²) in [6.07, 6.45) is 6.67. The van der Waals surface area contributed by atoms with Crippen molar-refractivity contribution in [2.24, 2.45) is 0 Å². The second-order valence-corrected chi connectivity index (χ2v) is 11.2. The fourth-order valence-corrected chi connectivity index (χ4v) is 6.76. The number of rotatable bonds is 5. The Hall–Kier alpha value is -5.60. The number of hydrogen-bond donors (Lipinski definition) is 0. The van der Waals surface area contributed by atoms with Crippen molar-refractivity contribution in [1.29, 1.82) is 0 Å². The van der Waals surface area contributed by atoms with Crippen molar-refractivity contribution in [3.63, 3.8) is 0 Å². The van der Waals surface area contributed by atoms with E-state index in [4.69, 9.17) is 0 Å². The van der Waals surface area contributed by atoms with Crippen molar-refractivity contribution in [2.75, 3.05) is 0 Å². The normalized spacial score (nSPS) is 11.4. The van der Waals surface area contributed by atoms with E-state index in [1.54, 1.807) is 0 Å². The first-order chi connectivity index (χ1) is 21.8. The van der Waals surface area contributed by atoms with Crippen LogP contribution in [0.1, 0.15) is 12.5 Å². The van der Waals surface area contributed by atoms with E-state index in [1.807, 2.05) is 36.8 Å². The van der Waals surface area contributed by atoms with E-state index in [0.29, 0.717) is 0 Å². The Morgan fingerprint density at radius 1 is 0.432 bits per heavy atom. The van der Waals surface area contributed by atoms with Gasteiger partial charge in [-0.25, -0.2) is 0 Å². The average molecular weight is 563 g/mol. The number of aromatic nitrogens is 2. The minimum absolute atomic E-state index is 0.920. The summed E-state index contributed by atoms with van der Waals surface area (Å²) in [6, 6.07) is 48.4. The molecule has 0 N–H and O–H groups in total. The van der Waals surface area contributed by atoms with E-state index in [2.05, 4.69) is 132 Å². The van der Waals surface area contributed by atoms with Crippen molar-refractivity contribution in [2.45, 2.75) is 13.3 Å². The Balaban J connectivity index is 1.42. The van der Waals surface area contributed by atoms with E-state index >= 15 is 0 Å². The van der Waals surface area contributed by atoms with Crippen LogP contribution >= 0.6 is 0 Å². The Labute approximate surface area is 257 Å². The van der Waals surface area contributed by atoms with Gasteiger partial charge in [-0.3, -0.25) is 9.97 Å². The molecule has 0 unspecified atom stereocenters. The third-order valence-corrected chi connectivity index (χ3v) is 8.83. The van der Waals surface area contributed by atoms with Crippen LogP contribution in [-0.2, 0) is 6.42 Å². The van der Waals surface area contributed by atoms with Crippen LogP contribution < -0.4 is 0 Å². The van der Waals surface area contributed by atoms with Crippen LogP contribution in [-0.4, -0.2) is 9.97 Å². The maximum atomic E-state index is 4.65. The minimum atomic E-state index is 0.920. The summed E-state index contributed by atoms with van der Waals surface area (Å²) in [5.41, 5.74) is 10.7. The van der Waals surface area contributed by atoms with Crippen LogP contribution in [0.2, 0.25) is 0 Å². The second kappa shape index (κ2) is 10.9. The lowest BCUT2D eigenvalue weighted by Crippen LogP contribution is -1.93. The minimum Gasteiger partial charge on any atom is -0.264 e. The molecule has 44 heavy (non-hydrogen) atoms. The third-order valence-electron chi connectivity index (χ3n) is 8.83. The average Bonchev–Trinajstić information content (AvgIpc) is 3.10. The van der Waals surface area contributed by atoms with Gasteiger partial charge in [0.1, 0.15) is 0 Å². The molecule has 0 atom stereocenters. The molecule has 0 spiro atoms. The highest BCUT2D eigenvalue weighted by atomic mass is 14.7. The van der Waals surface area contributed by atoms with Crippen molar-refractivity contribution >= 4 is 32.3 Å². The lowest BCUT2D eigenvalue weighted by molar-refractivity contribution is 1.14. The maximum Gasteiger partial charge on any atom is 0.0723 e. The highest BCUT2D eigenvalue weighted by molar-refractivity contribution is 6.24. The molecular weight excluding hydrogens is 532 g/mol. The zero-order chi connectivity index (χ0) is 29.5. The zero-order valence-electron chi connectivity index (χ0n) is 24.5. The van der Waals surface area contributed by atoms with Gasteiger partial charge in [0, 0.05) is 24.2 Å². The van der Waals surface area contributed by atoms with Gasteiger partial charge < -0.3 is 0 Å². The summed E-state index contributed by atoms with van der Waals surface area (Å²) in [6.45, 7) is 2.21. The molecule has 0 aliphatic rings. The number of benzene rings is 6. The fraction of sp³-hybridized carbons (Fsp3) is 0.0476. The largest absolute Gasteiger partial charge is 0.264 e. The molecule has 2 nitrogen and oxygen atoms in total. The number of pyridine rings is 2. The van der Waals surface area contributed by atoms with Gasteiger partial charge in [0.15, 0.2) is 0 Å². The molecule has 8 aromatic rings. The van der Waals surface area contributed by atoms with Gasteiger partial charge in [-0.2, -0.15) is 0 Å². The molecule has 0 amide bonds. The quantitative estimate of drug-likeness (QED) is 0.195. The third kappa shape index (κ3) is 4.27. The number of fused-ring (bicyclic) bond motifs is 3. The van der Waals surface area contributed by atoms with Crippen molar-refractivity contribution < 1.29 is 0 Å². The molecule has 208 valence electrons. The fourth-order valence-electron chi connectivity index (χ4n) is 6.76. The molecule has 0 bridgehead atoms. The summed E-state index contributed by atoms with van der Waals surface area (Å²) >= 11 is 0. The molecular formula is C42H30N2. The number of aryl methyl sites for hydroxylation is 1. The van der Waals surface area contributed by atoms with E-state index < -0.39 is 0 Å². The predicted molar refractivity (Wildman–Crippen MR) is 186 cm³/mol. The van der Waals surface area contributed by atoms with Gasteiger partial charge in [-0.15, -0.1) is 0 Å². The first kappa shape index (κ1) is 26.1. The second-order valence-electron chi connectivity index (χ2n) is 11.2. The molecule has 2 heterocycles. The Morgan fingerprint density at radius 3 is 1.66 bits per heavy atom. The van der Waals surface area contributed by atoms with Gasteiger partial charge in [-0.05, 0) is 95.9 Å². The predicted octanol–water partition coefficient (Wildman–Crippen LogP) is 11.2. The molecule has 0 fully saturated rings. The van der Waals surface area contributed by atoms with Crippen molar-refractivity contribution in [3.8, 4) is 44.6 Å². The maximum absolute atomic E-state index is 4.65. The van der Waals surface area contributed by atoms with Gasteiger partial charge in [-0.1, -0.05) is 122 Å². The summed E-state index contributed by atoms with van der Waals surface area (Å²) in [5.74, 6) is 0. The van der Waals surface area contributed by atoms with Crippen molar-refractivity contribution in [3.05, 3.63) is 158 Å². The van der Waals surface area contributed by atoms with E-state index in [1.165, 1.54) is 65.7 Å². The lowest BCUT2D eigenvalue weighted by Gasteiger charge is -2.19. The molecule has 0 radical (unpaired) electrons. The molecule has 8 rings (SSSR count). The summed E-state index contributed by atoms with van der Waals surface area (Å²) in [4.78, 5) is 9.11. The summed E-state index contributed by atoms with van der Waals surface area (Å²) in [7, 11) is 0. The Morgan fingerprint density at radius 2 is 1.02 bits per heavy atom. The SMILES string of the molecule is CCc1ccc(-c2c3ccccc3c(-c3cccc4c(-c5ccncc5-c5ccccn5)cccc34)c3ccccc23)cc1. The molecule has 0 saturated heterocycles. The monoisotopic (exact) mass is 562 g/mol. The Bertz CT molecular complexity index is 2240. The first-order valence-corrected chi connectivity index (χ1v) is 15.2. The smallest absolute Gasteiger partial charge is 0.0723 e. The van der Waals surface area contributed by atoms with Crippen LogP contribution in [0.15, 0.2) is 152 Å². The van der Waals surface area contributed by atoms with E-state index in [0.717, 1.165) is 23.2 Å². The van der Waals surface area contributed by atoms with Gasteiger partial charge in [0.2, 0.25) is 0 Å². The van der Waals surface area contributed by atoms with E-state index in [-0.39, 0.29) is 0 Å². The lowest BCUT2D eigenvalue weighted by atomic mass is 9.84. The highest BCUT2D eigenvalue weighted by Crippen LogP contribution is 2.46. The molecule has 6 aromatic carbocycles.